The van der Waals surface area contributed by atoms with E-state index in [1.54, 1.807) is 0 Å². The van der Waals surface area contributed by atoms with Gasteiger partial charge in [-0.15, -0.1) is 0 Å². The van der Waals surface area contributed by atoms with Crippen LogP contribution in [0.2, 0.25) is 0 Å². The van der Waals surface area contributed by atoms with Crippen LogP contribution in [0, 0.1) is 29.6 Å². The van der Waals surface area contributed by atoms with Crippen molar-refractivity contribution in [2.45, 2.75) is 140 Å². The number of nitrogens with zero attached hydrogens (tertiary/aromatic N) is 4. The van der Waals surface area contributed by atoms with Gasteiger partial charge in [-0.25, -0.2) is 19.6 Å². The lowest BCUT2D eigenvalue weighted by Crippen LogP contribution is -2.63. The van der Waals surface area contributed by atoms with Gasteiger partial charge in [0.1, 0.15) is 23.7 Å². The number of imidazole rings is 2. The Morgan fingerprint density at radius 3 is 2.01 bits per heavy atom. The van der Waals surface area contributed by atoms with Gasteiger partial charge in [-0.1, -0.05) is 94.6 Å². The number of carbonyl (C=O) groups excluding carboxylic acids is 4. The number of amides is 4. The minimum absolute atomic E-state index is 0.0261. The number of nitrogens with one attached hydrogen (secondary N) is 4. The van der Waals surface area contributed by atoms with Crippen molar-refractivity contribution in [3.63, 3.8) is 0 Å². The van der Waals surface area contributed by atoms with E-state index >= 15 is 0 Å². The van der Waals surface area contributed by atoms with Gasteiger partial charge in [0.05, 0.1) is 37.7 Å². The number of H-pyrrole nitrogens is 2. The lowest BCUT2D eigenvalue weighted by molar-refractivity contribution is -0.148. The second-order valence-corrected chi connectivity index (χ2v) is 21.7. The molecule has 372 valence electrons. The van der Waals surface area contributed by atoms with Crippen LogP contribution in [0.1, 0.15) is 125 Å². The Balaban J connectivity index is 0.892. The van der Waals surface area contributed by atoms with Crippen LogP contribution in [0.25, 0.3) is 33.6 Å². The van der Waals surface area contributed by atoms with E-state index in [0.29, 0.717) is 17.8 Å². The number of hydrogen-bond acceptors (Lipinski definition) is 8. The molecule has 14 heteroatoms. The first-order valence-electron chi connectivity index (χ1n) is 26.3. The number of carbonyl (C=O) groups is 4. The van der Waals surface area contributed by atoms with Crippen LogP contribution in [0.5, 0.6) is 0 Å². The summed E-state index contributed by atoms with van der Waals surface area (Å²) in [5.74, 6) is 2.46. The molecule has 4 amide bonds. The highest BCUT2D eigenvalue weighted by atomic mass is 16.5. The molecular formula is C57H68N8O6. The molecule has 6 aliphatic carbocycles. The zero-order chi connectivity index (χ0) is 49.1. The number of fused-ring (bicyclic) bond motifs is 1. The minimum Gasteiger partial charge on any atom is -0.453 e. The summed E-state index contributed by atoms with van der Waals surface area (Å²) in [6.45, 7) is 6.03. The van der Waals surface area contributed by atoms with Gasteiger partial charge in [0.15, 0.2) is 0 Å². The van der Waals surface area contributed by atoms with E-state index in [1.807, 2.05) is 31.1 Å². The van der Waals surface area contributed by atoms with Crippen molar-refractivity contribution in [1.29, 1.82) is 0 Å². The average molecular weight is 961 g/mol. The van der Waals surface area contributed by atoms with E-state index in [1.165, 1.54) is 42.0 Å². The molecule has 2 saturated carbocycles. The minimum atomic E-state index is -0.706. The number of aryl methyl sites for hydroxylation is 4. The van der Waals surface area contributed by atoms with Crippen LogP contribution in [0.4, 0.5) is 9.59 Å². The third-order valence-electron chi connectivity index (χ3n) is 17.4. The van der Waals surface area contributed by atoms with Crippen LogP contribution in [-0.4, -0.2) is 92.1 Å². The Kier molecular flexibility index (Phi) is 12.7. The fourth-order valence-corrected chi connectivity index (χ4v) is 13.8. The maximum Gasteiger partial charge on any atom is 0.407 e. The first-order valence-corrected chi connectivity index (χ1v) is 26.3. The number of aromatic amines is 2. The van der Waals surface area contributed by atoms with Gasteiger partial charge < -0.3 is 39.9 Å². The molecule has 14 rings (SSSR count). The number of benzene rings is 3. The zero-order valence-electron chi connectivity index (χ0n) is 41.7. The number of rotatable bonds is 9. The summed E-state index contributed by atoms with van der Waals surface area (Å²) in [6, 6.07) is 21.0. The third kappa shape index (κ3) is 8.68. The summed E-state index contributed by atoms with van der Waals surface area (Å²) in [5.41, 5.74) is 11.2. The highest BCUT2D eigenvalue weighted by molar-refractivity contribution is 5.88. The molecule has 10 atom stereocenters. The van der Waals surface area contributed by atoms with Crippen LogP contribution < -0.4 is 10.6 Å². The molecule has 3 saturated heterocycles. The molecule has 14 nitrogen and oxygen atoms in total. The Hall–Kier alpha value is -6.44. The largest absolute Gasteiger partial charge is 0.453 e. The first kappa shape index (κ1) is 46.9. The zero-order valence-corrected chi connectivity index (χ0v) is 41.7. The van der Waals surface area contributed by atoms with Gasteiger partial charge in [-0.3, -0.25) is 9.59 Å². The monoisotopic (exact) mass is 961 g/mol. The Labute approximate surface area is 416 Å². The van der Waals surface area contributed by atoms with E-state index in [0.717, 1.165) is 123 Å². The van der Waals surface area contributed by atoms with E-state index in [4.69, 9.17) is 19.4 Å². The predicted octanol–water partition coefficient (Wildman–Crippen LogP) is 9.66. The lowest BCUT2D eigenvalue weighted by Gasteiger charge is -2.49. The highest BCUT2D eigenvalue weighted by Crippen LogP contribution is 2.53. The van der Waals surface area contributed by atoms with E-state index in [-0.39, 0.29) is 47.8 Å². The van der Waals surface area contributed by atoms with Crippen molar-refractivity contribution in [1.82, 2.24) is 40.4 Å². The summed E-state index contributed by atoms with van der Waals surface area (Å²) in [7, 11) is 2.67. The normalized spacial score (nSPS) is 27.1. The third-order valence-corrected chi connectivity index (χ3v) is 17.4. The molecule has 71 heavy (non-hydrogen) atoms. The van der Waals surface area contributed by atoms with Crippen LogP contribution in [-0.2, 0) is 44.7 Å². The number of alkyl carbamates (subject to hydrolysis) is 2. The van der Waals surface area contributed by atoms with Gasteiger partial charge in [0.2, 0.25) is 11.8 Å². The fraction of sp³-hybridized carbons (Fsp3) is 0.509. The fourth-order valence-electron chi connectivity index (χ4n) is 13.8. The van der Waals surface area contributed by atoms with Crippen LogP contribution in [0.3, 0.4) is 0 Å². The number of aromatic nitrogens is 4. The molecule has 0 spiro atoms. The van der Waals surface area contributed by atoms with Crippen molar-refractivity contribution < 1.29 is 28.7 Å². The van der Waals surface area contributed by atoms with Gasteiger partial charge in [0, 0.05) is 35.6 Å². The van der Waals surface area contributed by atoms with Crippen molar-refractivity contribution in [3.05, 3.63) is 107 Å². The number of piperidine rings is 1. The van der Waals surface area contributed by atoms with E-state index in [2.05, 4.69) is 93.1 Å². The molecule has 2 aromatic heterocycles. The van der Waals surface area contributed by atoms with Gasteiger partial charge in [-0.2, -0.15) is 0 Å². The molecule has 4 N–H and O–H groups in total. The molecule has 3 aromatic carbocycles. The summed E-state index contributed by atoms with van der Waals surface area (Å²) >= 11 is 0. The topological polar surface area (TPSA) is 175 Å². The van der Waals surface area contributed by atoms with Crippen LogP contribution in [0.15, 0.2) is 73.1 Å². The standard InChI is InChI=1S/C57H68N8O6/c1-31(2)49(62-56(68)70-4)54(66)64-46-12-7-6-9-39(46)27-47(64)52-59-30-45(61-52)43-26-37-19-17-33-13-15-34(16-14-33)18-20-38(43)25-42(37)35-21-23-36(24-22-35)44-29-58-53(60-44)48-28-40-10-8-11-41-32(3)50(63-57(69)71-5)55(67)65(48)51(40)41/h13-16,21-26,29-32,39-41,46-51H,6-12,17-20,27-28H2,1-5H3,(H,58,60)(H,59,61)(H,62,68)(H,63,69)/t32?,39?,40?,41?,46?,47-,48-,49-,50-,51?/m0/s1. The van der Waals surface area contributed by atoms with E-state index < -0.39 is 24.3 Å². The maximum atomic E-state index is 14.6. The molecule has 5 heterocycles. The van der Waals surface area contributed by atoms with Crippen molar-refractivity contribution in [2.24, 2.45) is 29.6 Å². The number of methoxy groups -OCH3 is 2. The Bertz CT molecular complexity index is 2800. The Morgan fingerprint density at radius 2 is 1.31 bits per heavy atom. The molecule has 4 bridgehead atoms. The summed E-state index contributed by atoms with van der Waals surface area (Å²) < 4.78 is 9.89. The van der Waals surface area contributed by atoms with Crippen molar-refractivity contribution in [2.75, 3.05) is 14.2 Å². The second kappa shape index (κ2) is 19.3. The number of likely N-dealkylation sites (tertiary alicyclic amines) is 1. The molecule has 6 unspecified atom stereocenters. The number of hydrogen-bond donors (Lipinski definition) is 4. The molecular weight excluding hydrogens is 893 g/mol. The van der Waals surface area contributed by atoms with Gasteiger partial charge in [-0.05, 0) is 133 Å². The average Bonchev–Trinajstić information content (AvgIpc) is 4.22. The lowest BCUT2D eigenvalue weighted by atomic mass is 9.68. The highest BCUT2D eigenvalue weighted by Gasteiger charge is 2.57. The number of ether oxygens (including phenoxy) is 2. The van der Waals surface area contributed by atoms with Gasteiger partial charge >= 0.3 is 12.2 Å². The molecule has 5 fully saturated rings. The smallest absolute Gasteiger partial charge is 0.407 e. The quantitative estimate of drug-likeness (QED) is 0.113. The summed E-state index contributed by atoms with van der Waals surface area (Å²) in [5, 5.41) is 5.72. The molecule has 0 radical (unpaired) electrons. The first-order chi connectivity index (χ1) is 34.5. The molecule has 3 aliphatic heterocycles. The second-order valence-electron chi connectivity index (χ2n) is 21.7. The maximum absolute atomic E-state index is 14.6. The molecule has 5 aromatic rings. The van der Waals surface area contributed by atoms with Crippen molar-refractivity contribution >= 4 is 24.0 Å². The van der Waals surface area contributed by atoms with Crippen molar-refractivity contribution in [3.8, 4) is 33.6 Å². The van der Waals surface area contributed by atoms with E-state index in [9.17, 15) is 19.2 Å². The summed E-state index contributed by atoms with van der Waals surface area (Å²) in [6.07, 6.45) is 15.5. The Morgan fingerprint density at radius 1 is 0.704 bits per heavy atom. The predicted molar refractivity (Wildman–Crippen MR) is 270 cm³/mol. The summed E-state index contributed by atoms with van der Waals surface area (Å²) in [4.78, 5) is 75.4. The molecule has 9 aliphatic rings. The van der Waals surface area contributed by atoms with Gasteiger partial charge in [0.25, 0.3) is 0 Å². The SMILES string of the molecule is COC(=O)N[C@H](C(=O)N1C2CCCCC2C[C@H]1c1nc(-c2cc3c(-c4ccc(-c5c[nH]c([C@@H]6CC7CCCC8C(C)[C@H](NC(=O)OC)C(=O)N6C78)n5)cc4)cc2CCc2ccc(cc2)CC3)c[nH]1)C(C)C. The van der Waals surface area contributed by atoms with Crippen LogP contribution >= 0.6 is 0 Å².